The van der Waals surface area contributed by atoms with Crippen LogP contribution in [0.15, 0.2) is 12.2 Å². The summed E-state index contributed by atoms with van der Waals surface area (Å²) in [6, 6.07) is 0.0697. The first-order chi connectivity index (χ1) is 12.6. The maximum absolute atomic E-state index is 5.93. The minimum Gasteiger partial charge on any atom is -0.326 e. The summed E-state index contributed by atoms with van der Waals surface area (Å²) in [6.45, 7) is 26.3. The number of allylic oxidation sites excluding steroid dienone is 1. The van der Waals surface area contributed by atoms with Gasteiger partial charge in [-0.1, -0.05) is 81.4 Å². The van der Waals surface area contributed by atoms with Crippen molar-refractivity contribution < 1.29 is 3.07 Å². The fourth-order valence-electron chi connectivity index (χ4n) is 4.02. The van der Waals surface area contributed by atoms with Crippen LogP contribution in [0.5, 0.6) is 0 Å². The van der Waals surface area contributed by atoms with Crippen molar-refractivity contribution in [3.63, 3.8) is 0 Å². The van der Waals surface area contributed by atoms with Crippen molar-refractivity contribution in [1.82, 2.24) is 0 Å². The first kappa shape index (κ1) is 28.4. The van der Waals surface area contributed by atoms with Crippen LogP contribution in [-0.4, -0.2) is 12.1 Å². The fourth-order valence-corrected chi connectivity index (χ4v) is 4.69. The van der Waals surface area contributed by atoms with Gasteiger partial charge in [0.05, 0.1) is 6.10 Å². The largest absolute Gasteiger partial charge is 0.326 e. The molecule has 0 spiro atoms. The number of hydrogen-bond donors (Lipinski definition) is 1. The molecule has 168 valence electrons. The molecule has 0 bridgehead atoms. The average Bonchev–Trinajstić information content (AvgIpc) is 2.55. The van der Waals surface area contributed by atoms with Crippen LogP contribution >= 0.6 is 23.0 Å². The van der Waals surface area contributed by atoms with Crippen molar-refractivity contribution in [1.29, 1.82) is 0 Å². The second kappa shape index (κ2) is 11.7. The standard InChI is InChI=1S/C25H50INO/c1-18(20(3)25(10,11)23(5,6)7)17-24(8,9)19(2)15-13-12-14-16-22(28-26)21(4)27/h12,14,18-22H,13,15-17,27H2,1-11H3/b14-12+/t18?,19?,20?,21-,22?/m0/s1. The summed E-state index contributed by atoms with van der Waals surface area (Å²) >= 11 is 1.96. The van der Waals surface area contributed by atoms with Crippen LogP contribution in [0.4, 0.5) is 0 Å². The smallest absolute Gasteiger partial charge is 0.110 e. The minimum absolute atomic E-state index is 0.0697. The lowest BCUT2D eigenvalue weighted by Gasteiger charge is -2.48. The molecule has 4 unspecified atom stereocenters. The van der Waals surface area contributed by atoms with Crippen molar-refractivity contribution in [2.24, 2.45) is 39.7 Å². The molecule has 0 aliphatic carbocycles. The molecule has 0 radical (unpaired) electrons. The van der Waals surface area contributed by atoms with Crippen molar-refractivity contribution in [2.45, 2.75) is 114 Å². The highest BCUT2D eigenvalue weighted by atomic mass is 127. The van der Waals surface area contributed by atoms with E-state index >= 15 is 0 Å². The molecule has 5 atom stereocenters. The van der Waals surface area contributed by atoms with Gasteiger partial charge < -0.3 is 8.80 Å². The van der Waals surface area contributed by atoms with Crippen LogP contribution in [0.2, 0.25) is 0 Å². The van der Waals surface area contributed by atoms with E-state index in [2.05, 4.69) is 81.4 Å². The van der Waals surface area contributed by atoms with E-state index in [1.165, 1.54) is 12.8 Å². The molecule has 0 saturated carbocycles. The molecule has 0 aromatic rings. The Bertz CT molecular complexity index is 462. The molecule has 0 rings (SSSR count). The molecular weight excluding hydrogens is 457 g/mol. The van der Waals surface area contributed by atoms with E-state index in [0.29, 0.717) is 28.1 Å². The number of halogens is 1. The van der Waals surface area contributed by atoms with Crippen LogP contribution in [0.3, 0.4) is 0 Å². The van der Waals surface area contributed by atoms with Gasteiger partial charge in [-0.3, -0.25) is 0 Å². The molecule has 0 aromatic heterocycles. The monoisotopic (exact) mass is 507 g/mol. The van der Waals surface area contributed by atoms with Gasteiger partial charge in [-0.2, -0.15) is 0 Å². The van der Waals surface area contributed by atoms with Gasteiger partial charge in [0.1, 0.15) is 23.0 Å². The molecule has 0 heterocycles. The van der Waals surface area contributed by atoms with Crippen LogP contribution in [0.25, 0.3) is 0 Å². The van der Waals surface area contributed by atoms with Gasteiger partial charge in [0.25, 0.3) is 0 Å². The lowest BCUT2D eigenvalue weighted by atomic mass is 9.57. The van der Waals surface area contributed by atoms with Gasteiger partial charge in [-0.15, -0.1) is 0 Å². The van der Waals surface area contributed by atoms with E-state index in [4.69, 9.17) is 8.80 Å². The average molecular weight is 508 g/mol. The molecule has 3 heteroatoms. The van der Waals surface area contributed by atoms with Gasteiger partial charge in [-0.25, -0.2) is 0 Å². The number of hydrogen-bond acceptors (Lipinski definition) is 2. The minimum atomic E-state index is 0.0697. The first-order valence-corrected chi connectivity index (χ1v) is 12.1. The number of nitrogens with two attached hydrogens (primary N) is 1. The summed E-state index contributed by atoms with van der Waals surface area (Å²) < 4.78 is 5.40. The number of rotatable bonds is 12. The third-order valence-corrected chi connectivity index (χ3v) is 8.76. The zero-order valence-corrected chi connectivity index (χ0v) is 22.9. The highest BCUT2D eigenvalue weighted by molar-refractivity contribution is 14.1. The Morgan fingerprint density at radius 1 is 0.929 bits per heavy atom. The Balaban J connectivity index is 4.68. The molecular formula is C25H50INO. The normalized spacial score (nSPS) is 19.5. The molecule has 0 aromatic carbocycles. The quantitative estimate of drug-likeness (QED) is 0.213. The Hall–Kier alpha value is 0.390. The molecule has 0 aliphatic heterocycles. The van der Waals surface area contributed by atoms with Crippen LogP contribution in [0.1, 0.15) is 102 Å². The predicted molar refractivity (Wildman–Crippen MR) is 135 cm³/mol. The second-order valence-electron chi connectivity index (χ2n) is 11.6. The Labute approximate surface area is 191 Å². The Morgan fingerprint density at radius 3 is 1.89 bits per heavy atom. The molecule has 2 N–H and O–H groups in total. The SMILES string of the molecule is CC(CC(C)(C)C(C)CC/C=C/CC(OI)[C@H](C)N)C(C)C(C)(C)C(C)(C)C. The van der Waals surface area contributed by atoms with Crippen LogP contribution < -0.4 is 5.73 Å². The summed E-state index contributed by atoms with van der Waals surface area (Å²) in [5.74, 6) is 2.12. The van der Waals surface area contributed by atoms with E-state index < -0.39 is 0 Å². The molecule has 28 heavy (non-hydrogen) atoms. The van der Waals surface area contributed by atoms with Gasteiger partial charge in [0, 0.05) is 6.04 Å². The summed E-state index contributed by atoms with van der Waals surface area (Å²) in [5, 5.41) is 0. The van der Waals surface area contributed by atoms with E-state index in [1.807, 2.05) is 29.9 Å². The van der Waals surface area contributed by atoms with Gasteiger partial charge >= 0.3 is 0 Å². The Kier molecular flexibility index (Phi) is 11.9. The van der Waals surface area contributed by atoms with E-state index in [1.54, 1.807) is 0 Å². The maximum atomic E-state index is 5.93. The van der Waals surface area contributed by atoms with Crippen molar-refractivity contribution in [3.8, 4) is 0 Å². The summed E-state index contributed by atoms with van der Waals surface area (Å²) in [6.07, 6.45) is 9.22. The Morgan fingerprint density at radius 2 is 1.46 bits per heavy atom. The van der Waals surface area contributed by atoms with E-state index in [0.717, 1.165) is 18.8 Å². The van der Waals surface area contributed by atoms with Gasteiger partial charge in [0.15, 0.2) is 0 Å². The van der Waals surface area contributed by atoms with Crippen molar-refractivity contribution in [3.05, 3.63) is 12.2 Å². The molecule has 0 saturated heterocycles. The molecule has 0 amide bonds. The fraction of sp³-hybridized carbons (Fsp3) is 0.920. The lowest BCUT2D eigenvalue weighted by molar-refractivity contribution is 0.0154. The predicted octanol–water partition coefficient (Wildman–Crippen LogP) is 8.19. The highest BCUT2D eigenvalue weighted by Gasteiger charge is 2.41. The van der Waals surface area contributed by atoms with Crippen LogP contribution in [0, 0.1) is 34.0 Å². The van der Waals surface area contributed by atoms with Gasteiger partial charge in [-0.05, 0) is 66.6 Å². The van der Waals surface area contributed by atoms with Crippen molar-refractivity contribution >= 4 is 23.0 Å². The maximum Gasteiger partial charge on any atom is 0.110 e. The third kappa shape index (κ3) is 8.63. The summed E-state index contributed by atoms with van der Waals surface area (Å²) in [5.41, 5.74) is 6.93. The third-order valence-electron chi connectivity index (χ3n) is 8.11. The first-order valence-electron chi connectivity index (χ1n) is 11.3. The molecule has 2 nitrogen and oxygen atoms in total. The van der Waals surface area contributed by atoms with Gasteiger partial charge in [0.2, 0.25) is 0 Å². The zero-order chi connectivity index (χ0) is 22.3. The zero-order valence-electron chi connectivity index (χ0n) is 20.7. The van der Waals surface area contributed by atoms with E-state index in [-0.39, 0.29) is 12.1 Å². The van der Waals surface area contributed by atoms with E-state index in [9.17, 15) is 0 Å². The molecule has 0 fully saturated rings. The molecule has 0 aliphatic rings. The topological polar surface area (TPSA) is 35.2 Å². The van der Waals surface area contributed by atoms with Crippen LogP contribution in [-0.2, 0) is 3.07 Å². The summed E-state index contributed by atoms with van der Waals surface area (Å²) in [7, 11) is 0. The lowest BCUT2D eigenvalue weighted by Crippen LogP contribution is -2.40. The highest BCUT2D eigenvalue weighted by Crippen LogP contribution is 2.49. The van der Waals surface area contributed by atoms with Crippen molar-refractivity contribution in [2.75, 3.05) is 0 Å². The summed E-state index contributed by atoms with van der Waals surface area (Å²) in [4.78, 5) is 0. The second-order valence-corrected chi connectivity index (χ2v) is 12.1.